The first kappa shape index (κ1) is 31.3. The van der Waals surface area contributed by atoms with Crippen LogP contribution in [-0.4, -0.2) is 35.7 Å². The molecule has 1 unspecified atom stereocenters. The Hall–Kier alpha value is -3.69. The van der Waals surface area contributed by atoms with E-state index in [4.69, 9.17) is 9.15 Å². The van der Waals surface area contributed by atoms with Gasteiger partial charge in [-0.25, -0.2) is 4.79 Å². The van der Waals surface area contributed by atoms with Crippen molar-refractivity contribution in [2.45, 2.75) is 56.2 Å². The summed E-state index contributed by atoms with van der Waals surface area (Å²) in [5.41, 5.74) is 2.90. The third-order valence-corrected chi connectivity index (χ3v) is 7.93. The van der Waals surface area contributed by atoms with Gasteiger partial charge in [0.25, 0.3) is 0 Å². The highest BCUT2D eigenvalue weighted by atomic mass is 32.2. The van der Waals surface area contributed by atoms with Gasteiger partial charge in [0.2, 0.25) is 0 Å². The van der Waals surface area contributed by atoms with E-state index in [0.29, 0.717) is 35.8 Å². The zero-order valence-corrected chi connectivity index (χ0v) is 24.6. The van der Waals surface area contributed by atoms with Gasteiger partial charge < -0.3 is 14.3 Å². The number of rotatable bonds is 13. The van der Waals surface area contributed by atoms with Crippen molar-refractivity contribution < 1.29 is 32.2 Å². The number of aryl methyl sites for hydroxylation is 1. The van der Waals surface area contributed by atoms with Crippen LogP contribution in [0.5, 0.6) is 5.75 Å². The third kappa shape index (κ3) is 8.42. The zero-order chi connectivity index (χ0) is 30.3. The smallest absolute Gasteiger partial charge is 0.416 e. The lowest BCUT2D eigenvalue weighted by Crippen LogP contribution is -2.26. The number of hydrogen-bond acceptors (Lipinski definition) is 5. The first-order valence-corrected chi connectivity index (χ1v) is 14.7. The largest absolute Gasteiger partial charge is 0.479 e. The predicted octanol–water partition coefficient (Wildman–Crippen LogP) is 8.48. The zero-order valence-electron chi connectivity index (χ0n) is 23.8. The Kier molecular flexibility index (Phi) is 10.4. The van der Waals surface area contributed by atoms with Crippen LogP contribution in [0.4, 0.5) is 13.2 Å². The number of benzene rings is 3. The summed E-state index contributed by atoms with van der Waals surface area (Å²) >= 11 is 1.59. The van der Waals surface area contributed by atoms with Gasteiger partial charge in [-0.15, -0.1) is 11.8 Å². The van der Waals surface area contributed by atoms with Crippen molar-refractivity contribution in [2.75, 3.05) is 13.6 Å². The molecule has 0 fully saturated rings. The van der Waals surface area contributed by atoms with Crippen LogP contribution in [0.1, 0.15) is 41.4 Å². The Morgan fingerprint density at radius 3 is 2.38 bits per heavy atom. The van der Waals surface area contributed by atoms with E-state index in [9.17, 15) is 23.1 Å². The molecule has 0 radical (unpaired) electrons. The van der Waals surface area contributed by atoms with Crippen LogP contribution in [0.15, 0.2) is 88.2 Å². The maximum atomic E-state index is 13.1. The molecule has 0 spiro atoms. The molecular weight excluding hydrogens is 563 g/mol. The second-order valence-electron chi connectivity index (χ2n) is 10.2. The Bertz CT molecular complexity index is 1470. The van der Waals surface area contributed by atoms with Gasteiger partial charge in [0.15, 0.2) is 6.10 Å². The highest BCUT2D eigenvalue weighted by molar-refractivity contribution is 7.98. The summed E-state index contributed by atoms with van der Waals surface area (Å²) in [5.74, 6) is 1.39. The quantitative estimate of drug-likeness (QED) is 0.156. The molecule has 0 saturated carbocycles. The number of likely N-dealkylation sites (N-methyl/N-ethyl adjacent to an activating group) is 1. The molecule has 0 bridgehead atoms. The first-order valence-electron chi connectivity index (χ1n) is 13.7. The molecule has 0 aliphatic heterocycles. The average Bonchev–Trinajstić information content (AvgIpc) is 3.36. The SMILES string of the molecule is CCC(Oc1ccc(SCc2cc(-c3ccc(C(F)(F)F)cc3)oc2CN(C)CCc2ccccc2)cc1C)C(=O)O. The molecule has 9 heteroatoms. The van der Waals surface area contributed by atoms with Crippen molar-refractivity contribution >= 4 is 17.7 Å². The van der Waals surface area contributed by atoms with Gasteiger partial charge in [-0.1, -0.05) is 49.4 Å². The van der Waals surface area contributed by atoms with Gasteiger partial charge in [0.1, 0.15) is 17.3 Å². The number of hydrogen-bond donors (Lipinski definition) is 1. The standard InChI is InChI=1S/C33H34F3NO4S/c1-4-28(32(38)39)40-29-15-14-27(18-22(29)2)42-21-25-19-30(24-10-12-26(13-11-24)33(34,35)36)41-31(25)20-37(3)17-16-23-8-6-5-7-9-23/h5-15,18-19,28H,4,16-17,20-21H2,1-3H3,(H,38,39). The fourth-order valence-electron chi connectivity index (χ4n) is 4.44. The molecule has 222 valence electrons. The molecule has 1 heterocycles. The summed E-state index contributed by atoms with van der Waals surface area (Å²) in [4.78, 5) is 14.5. The minimum absolute atomic E-state index is 0.357. The highest BCUT2D eigenvalue weighted by Crippen LogP contribution is 2.35. The molecule has 1 N–H and O–H groups in total. The fraction of sp³-hybridized carbons (Fsp3) is 0.303. The Morgan fingerprint density at radius 1 is 1.05 bits per heavy atom. The van der Waals surface area contributed by atoms with E-state index in [0.717, 1.165) is 46.9 Å². The number of carbonyl (C=O) groups is 1. The van der Waals surface area contributed by atoms with Gasteiger partial charge in [-0.2, -0.15) is 13.2 Å². The van der Waals surface area contributed by atoms with Crippen molar-refractivity contribution in [3.63, 3.8) is 0 Å². The lowest BCUT2D eigenvalue weighted by atomic mass is 10.1. The molecule has 1 aromatic heterocycles. The molecule has 42 heavy (non-hydrogen) atoms. The maximum absolute atomic E-state index is 13.1. The second-order valence-corrected chi connectivity index (χ2v) is 11.2. The van der Waals surface area contributed by atoms with Crippen molar-refractivity contribution in [3.8, 4) is 17.1 Å². The number of carboxylic acids is 1. The van der Waals surface area contributed by atoms with Crippen molar-refractivity contribution in [2.24, 2.45) is 0 Å². The van der Waals surface area contributed by atoms with Gasteiger partial charge in [0.05, 0.1) is 12.1 Å². The van der Waals surface area contributed by atoms with Crippen molar-refractivity contribution in [3.05, 3.63) is 107 Å². The highest BCUT2D eigenvalue weighted by Gasteiger charge is 2.30. The van der Waals surface area contributed by atoms with E-state index in [2.05, 4.69) is 17.0 Å². The van der Waals surface area contributed by atoms with Gasteiger partial charge in [-0.3, -0.25) is 4.90 Å². The van der Waals surface area contributed by atoms with Crippen molar-refractivity contribution in [1.29, 1.82) is 0 Å². The van der Waals surface area contributed by atoms with E-state index in [-0.39, 0.29) is 0 Å². The summed E-state index contributed by atoms with van der Waals surface area (Å²) in [6.07, 6.45) is -4.07. The summed E-state index contributed by atoms with van der Waals surface area (Å²) in [6.45, 7) is 4.99. The topological polar surface area (TPSA) is 62.9 Å². The van der Waals surface area contributed by atoms with E-state index in [1.807, 2.05) is 50.4 Å². The lowest BCUT2D eigenvalue weighted by molar-refractivity contribution is -0.145. The summed E-state index contributed by atoms with van der Waals surface area (Å²) in [6, 6.07) is 22.7. The number of thioether (sulfide) groups is 1. The van der Waals surface area contributed by atoms with Crippen LogP contribution in [0.2, 0.25) is 0 Å². The summed E-state index contributed by atoms with van der Waals surface area (Å²) in [7, 11) is 2.02. The predicted molar refractivity (Wildman–Crippen MR) is 159 cm³/mol. The van der Waals surface area contributed by atoms with E-state index >= 15 is 0 Å². The Balaban J connectivity index is 1.52. The summed E-state index contributed by atoms with van der Waals surface area (Å²) < 4.78 is 51.2. The maximum Gasteiger partial charge on any atom is 0.416 e. The first-order chi connectivity index (χ1) is 20.0. The van der Waals surface area contributed by atoms with Crippen LogP contribution >= 0.6 is 11.8 Å². The van der Waals surface area contributed by atoms with Crippen molar-refractivity contribution in [1.82, 2.24) is 4.90 Å². The molecule has 5 nitrogen and oxygen atoms in total. The fourth-order valence-corrected chi connectivity index (χ4v) is 5.43. The molecule has 3 aromatic carbocycles. The molecule has 0 saturated heterocycles. The number of furan rings is 1. The molecule has 0 aliphatic carbocycles. The van der Waals surface area contributed by atoms with Crippen LogP contribution in [0, 0.1) is 6.92 Å². The van der Waals surface area contributed by atoms with E-state index in [1.165, 1.54) is 17.7 Å². The van der Waals surface area contributed by atoms with Crippen LogP contribution < -0.4 is 4.74 Å². The van der Waals surface area contributed by atoms with Crippen LogP contribution in [0.3, 0.4) is 0 Å². The van der Waals surface area contributed by atoms with E-state index < -0.39 is 23.8 Å². The number of ether oxygens (including phenoxy) is 1. The average molecular weight is 598 g/mol. The number of aliphatic carboxylic acids is 1. The number of nitrogens with zero attached hydrogens (tertiary/aromatic N) is 1. The molecular formula is C33H34F3NO4S. The van der Waals surface area contributed by atoms with Gasteiger partial charge >= 0.3 is 12.1 Å². The monoisotopic (exact) mass is 597 g/mol. The normalized spacial score (nSPS) is 12.5. The minimum atomic E-state index is -4.40. The second kappa shape index (κ2) is 14.0. The molecule has 0 aliphatic rings. The lowest BCUT2D eigenvalue weighted by Gasteiger charge is -2.16. The van der Waals surface area contributed by atoms with E-state index in [1.54, 1.807) is 24.8 Å². The molecule has 0 amide bonds. The minimum Gasteiger partial charge on any atom is -0.479 e. The Morgan fingerprint density at radius 2 is 1.76 bits per heavy atom. The van der Waals surface area contributed by atoms with Gasteiger partial charge in [-0.05, 0) is 74.3 Å². The van der Waals surface area contributed by atoms with Gasteiger partial charge in [0, 0.05) is 28.3 Å². The van der Waals surface area contributed by atoms with Crippen LogP contribution in [0.25, 0.3) is 11.3 Å². The third-order valence-electron chi connectivity index (χ3n) is 6.89. The number of halogens is 3. The summed E-state index contributed by atoms with van der Waals surface area (Å²) in [5, 5.41) is 9.31. The van der Waals surface area contributed by atoms with Crippen LogP contribution in [-0.2, 0) is 29.7 Å². The molecule has 4 rings (SSSR count). The molecule has 4 aromatic rings. The number of carboxylic acid groups (broad SMARTS) is 1. The number of alkyl halides is 3. The Labute approximate surface area is 248 Å². The molecule has 1 atom stereocenters.